The van der Waals surface area contributed by atoms with Crippen LogP contribution in [0.3, 0.4) is 0 Å². The van der Waals surface area contributed by atoms with Crippen molar-refractivity contribution in [2.24, 2.45) is 25.4 Å². The Morgan fingerprint density at radius 3 is 2.38 bits per heavy atom. The molecule has 3 heterocycles. The van der Waals surface area contributed by atoms with Gasteiger partial charge in [-0.15, -0.1) is 0 Å². The number of carbonyl (C=O) groups is 2. The van der Waals surface area contributed by atoms with E-state index in [1.807, 2.05) is 6.92 Å². The van der Waals surface area contributed by atoms with E-state index in [-0.39, 0.29) is 16.8 Å². The third-order valence-electron chi connectivity index (χ3n) is 6.37. The average Bonchev–Trinajstić information content (AvgIpc) is 3.40. The summed E-state index contributed by atoms with van der Waals surface area (Å²) in [6.45, 7) is 8.48. The molecule has 0 fully saturated rings. The van der Waals surface area contributed by atoms with Gasteiger partial charge < -0.3 is 15.2 Å². The van der Waals surface area contributed by atoms with Gasteiger partial charge in [-0.1, -0.05) is 25.9 Å². The van der Waals surface area contributed by atoms with Gasteiger partial charge in [0, 0.05) is 26.1 Å². The number of hydrogen-bond donors (Lipinski definition) is 2. The number of nitrogens with one attached hydrogen (secondary N) is 2. The fourth-order valence-corrected chi connectivity index (χ4v) is 4.10. The van der Waals surface area contributed by atoms with Gasteiger partial charge in [-0.05, 0) is 31.1 Å². The summed E-state index contributed by atoms with van der Waals surface area (Å²) in [4.78, 5) is 26.0. The second-order valence-corrected chi connectivity index (χ2v) is 9.44. The molecule has 0 radical (unpaired) electrons. The van der Waals surface area contributed by atoms with Gasteiger partial charge in [0.2, 0.25) is 0 Å². The van der Waals surface area contributed by atoms with Crippen LogP contribution in [-0.4, -0.2) is 36.5 Å². The predicted molar refractivity (Wildman–Crippen MR) is 119 cm³/mol. The first-order chi connectivity index (χ1) is 15.1. The molecule has 1 aliphatic carbocycles. The molecular formula is C22H29N7O3. The predicted octanol–water partition coefficient (Wildman–Crippen LogP) is 3.11. The lowest BCUT2D eigenvalue weighted by atomic mass is 9.71. The van der Waals surface area contributed by atoms with E-state index in [9.17, 15) is 9.59 Å². The molecule has 10 nitrogen and oxygen atoms in total. The zero-order valence-electron chi connectivity index (χ0n) is 19.3. The fourth-order valence-electron chi connectivity index (χ4n) is 4.10. The number of aromatic nitrogens is 5. The molecule has 3 aromatic heterocycles. The summed E-state index contributed by atoms with van der Waals surface area (Å²) in [5.74, 6) is 0.394. The normalized spacial score (nSPS) is 16.0. The first-order valence-electron chi connectivity index (χ1n) is 10.7. The number of carbonyl (C=O) groups excluding carboxylic acids is 2. The van der Waals surface area contributed by atoms with E-state index >= 15 is 0 Å². The summed E-state index contributed by atoms with van der Waals surface area (Å²) < 4.78 is 8.55. The van der Waals surface area contributed by atoms with Crippen molar-refractivity contribution in [2.45, 2.75) is 47.0 Å². The number of aryl methyl sites for hydroxylation is 3. The molecular weight excluding hydrogens is 410 g/mol. The van der Waals surface area contributed by atoms with Crippen LogP contribution in [0.2, 0.25) is 0 Å². The van der Waals surface area contributed by atoms with Gasteiger partial charge in [0.25, 0.3) is 11.8 Å². The highest BCUT2D eigenvalue weighted by atomic mass is 16.5. The van der Waals surface area contributed by atoms with Crippen molar-refractivity contribution in [3.8, 4) is 0 Å². The van der Waals surface area contributed by atoms with Crippen LogP contribution in [-0.2, 0) is 26.9 Å². The molecule has 3 aromatic rings. The monoisotopic (exact) mass is 439 g/mol. The van der Waals surface area contributed by atoms with Gasteiger partial charge in [0.05, 0.1) is 29.5 Å². The highest BCUT2D eigenvalue weighted by Gasteiger charge is 2.34. The molecule has 2 amide bonds. The average molecular weight is 440 g/mol. The molecule has 0 saturated heterocycles. The number of amides is 2. The van der Waals surface area contributed by atoms with Crippen molar-refractivity contribution in [1.82, 2.24) is 24.7 Å². The van der Waals surface area contributed by atoms with Crippen molar-refractivity contribution in [3.63, 3.8) is 0 Å². The number of rotatable bonds is 4. The smallest absolute Gasteiger partial charge is 0.278 e. The summed E-state index contributed by atoms with van der Waals surface area (Å²) in [6, 6.07) is 0. The van der Waals surface area contributed by atoms with E-state index in [1.165, 1.54) is 10.9 Å². The van der Waals surface area contributed by atoms with E-state index in [2.05, 4.69) is 46.8 Å². The van der Waals surface area contributed by atoms with Crippen molar-refractivity contribution in [1.29, 1.82) is 0 Å². The minimum absolute atomic E-state index is 0.127. The SMILES string of the molecule is Cc1c(NC(=O)c2c(NC(=O)c3noc4c3CC(C(C)(C)C)CC4)cnn2C)cnn1C. The highest BCUT2D eigenvalue weighted by Crippen LogP contribution is 2.38. The molecule has 2 N–H and O–H groups in total. The van der Waals surface area contributed by atoms with E-state index in [0.717, 1.165) is 36.3 Å². The Kier molecular flexibility index (Phi) is 5.39. The van der Waals surface area contributed by atoms with Crippen molar-refractivity contribution in [3.05, 3.63) is 40.8 Å². The van der Waals surface area contributed by atoms with Gasteiger partial charge in [-0.3, -0.25) is 19.0 Å². The van der Waals surface area contributed by atoms with E-state index in [1.54, 1.807) is 25.0 Å². The van der Waals surface area contributed by atoms with Crippen LogP contribution in [0.5, 0.6) is 0 Å². The highest BCUT2D eigenvalue weighted by molar-refractivity contribution is 6.11. The van der Waals surface area contributed by atoms with Crippen molar-refractivity contribution < 1.29 is 14.1 Å². The van der Waals surface area contributed by atoms with Crippen LogP contribution in [0.25, 0.3) is 0 Å². The maximum Gasteiger partial charge on any atom is 0.278 e. The van der Waals surface area contributed by atoms with Gasteiger partial charge in [-0.25, -0.2) is 0 Å². The molecule has 32 heavy (non-hydrogen) atoms. The molecule has 1 atom stereocenters. The van der Waals surface area contributed by atoms with Gasteiger partial charge in [0.15, 0.2) is 5.69 Å². The Morgan fingerprint density at radius 1 is 1.06 bits per heavy atom. The molecule has 0 aliphatic heterocycles. The first kappa shape index (κ1) is 21.8. The van der Waals surface area contributed by atoms with E-state index in [4.69, 9.17) is 4.52 Å². The molecule has 0 spiro atoms. The van der Waals surface area contributed by atoms with Crippen LogP contribution in [0, 0.1) is 18.3 Å². The fraction of sp³-hybridized carbons (Fsp3) is 0.500. The lowest BCUT2D eigenvalue weighted by molar-refractivity contribution is 0.101. The molecule has 10 heteroatoms. The van der Waals surface area contributed by atoms with E-state index < -0.39 is 11.8 Å². The van der Waals surface area contributed by atoms with Crippen molar-refractivity contribution >= 4 is 23.2 Å². The first-order valence-corrected chi connectivity index (χ1v) is 10.7. The van der Waals surface area contributed by atoms with Crippen LogP contribution in [0.4, 0.5) is 11.4 Å². The third kappa shape index (κ3) is 3.92. The van der Waals surface area contributed by atoms with Gasteiger partial charge >= 0.3 is 0 Å². The third-order valence-corrected chi connectivity index (χ3v) is 6.37. The zero-order chi connectivity index (χ0) is 23.2. The maximum atomic E-state index is 13.1. The molecule has 0 bridgehead atoms. The molecule has 4 rings (SSSR count). The molecule has 1 aliphatic rings. The Morgan fingerprint density at radius 2 is 1.72 bits per heavy atom. The minimum Gasteiger partial charge on any atom is -0.360 e. The molecule has 0 saturated carbocycles. The lowest BCUT2D eigenvalue weighted by Crippen LogP contribution is -2.28. The van der Waals surface area contributed by atoms with Crippen LogP contribution < -0.4 is 10.6 Å². The second kappa shape index (κ2) is 7.92. The van der Waals surface area contributed by atoms with Crippen LogP contribution >= 0.6 is 0 Å². The van der Waals surface area contributed by atoms with Crippen LogP contribution in [0.1, 0.15) is 65.2 Å². The number of fused-ring (bicyclic) bond motifs is 1. The Balaban J connectivity index is 1.55. The largest absolute Gasteiger partial charge is 0.360 e. The Hall–Kier alpha value is -3.43. The summed E-state index contributed by atoms with van der Waals surface area (Å²) >= 11 is 0. The summed E-state index contributed by atoms with van der Waals surface area (Å²) in [7, 11) is 3.44. The Bertz CT molecular complexity index is 1180. The zero-order valence-corrected chi connectivity index (χ0v) is 19.3. The summed E-state index contributed by atoms with van der Waals surface area (Å²) in [5, 5.41) is 18.0. The van der Waals surface area contributed by atoms with Gasteiger partial charge in [0.1, 0.15) is 11.5 Å². The summed E-state index contributed by atoms with van der Waals surface area (Å²) in [6.07, 6.45) is 5.55. The molecule has 1 unspecified atom stereocenters. The second-order valence-electron chi connectivity index (χ2n) is 9.44. The lowest BCUT2D eigenvalue weighted by Gasteiger charge is -2.33. The summed E-state index contributed by atoms with van der Waals surface area (Å²) in [5.41, 5.74) is 3.19. The standard InChI is InChI=1S/C22H29N7O3/c1-12-15(10-23-28(12)5)25-21(31)19-16(11-24-29(19)6)26-20(30)18-14-9-13(22(2,3)4)7-8-17(14)32-27-18/h10-11,13H,7-9H2,1-6H3,(H,25,31)(H,26,30). The number of anilines is 2. The van der Waals surface area contributed by atoms with E-state index in [0.29, 0.717) is 17.3 Å². The van der Waals surface area contributed by atoms with Crippen LogP contribution in [0.15, 0.2) is 16.9 Å². The van der Waals surface area contributed by atoms with Crippen molar-refractivity contribution in [2.75, 3.05) is 10.6 Å². The minimum atomic E-state index is -0.413. The molecule has 0 aromatic carbocycles. The van der Waals surface area contributed by atoms with Gasteiger partial charge in [-0.2, -0.15) is 10.2 Å². The number of hydrogen-bond acceptors (Lipinski definition) is 6. The Labute approximate surface area is 186 Å². The number of nitrogens with zero attached hydrogens (tertiary/aromatic N) is 5. The topological polar surface area (TPSA) is 120 Å². The quantitative estimate of drug-likeness (QED) is 0.645. The molecule has 170 valence electrons. The maximum absolute atomic E-state index is 13.1.